The topological polar surface area (TPSA) is 132 Å². The van der Waals surface area contributed by atoms with Crippen molar-refractivity contribution < 1.29 is 37.7 Å². The van der Waals surface area contributed by atoms with Crippen LogP contribution in [0, 0.1) is 0 Å². The molecule has 0 spiro atoms. The Balaban J connectivity index is 1.32. The molecular formula is C34H24ClN3O8. The first kappa shape index (κ1) is 29.2. The highest BCUT2D eigenvalue weighted by Crippen LogP contribution is 2.42. The van der Waals surface area contributed by atoms with Crippen LogP contribution in [0.2, 0.25) is 5.15 Å². The van der Waals surface area contributed by atoms with Gasteiger partial charge in [-0.15, -0.1) is 0 Å². The monoisotopic (exact) mass is 637 g/mol. The number of hydrogen-bond donors (Lipinski definition) is 0. The Kier molecular flexibility index (Phi) is 7.91. The Morgan fingerprint density at radius 1 is 0.739 bits per heavy atom. The standard InChI is InChI=1S/C34H24ClN3O8/c35-29-25-26-23(16-17-42-26)38(30(25)37-19-36-29)31-28(46-34(41)22-14-8-3-9-15-22)27(45-33(40)21-12-6-2-7-13-21)24(44-31)18-43-32(39)20-10-4-1-5-11-20/h1-17,19,24,27-28,31H,18H2/t24-,27-,28-,31-/m1/s1. The van der Waals surface area contributed by atoms with Crippen LogP contribution in [-0.4, -0.2) is 57.4 Å². The van der Waals surface area contributed by atoms with E-state index in [0.29, 0.717) is 27.7 Å². The van der Waals surface area contributed by atoms with E-state index in [-0.39, 0.29) is 22.9 Å². The molecule has 0 radical (unpaired) electrons. The Morgan fingerprint density at radius 2 is 1.30 bits per heavy atom. The van der Waals surface area contributed by atoms with Gasteiger partial charge in [0.2, 0.25) is 0 Å². The smallest absolute Gasteiger partial charge is 0.338 e. The third kappa shape index (κ3) is 5.46. The predicted octanol–water partition coefficient (Wildman–Crippen LogP) is 6.04. The summed E-state index contributed by atoms with van der Waals surface area (Å²) in [5.41, 5.74) is 2.08. The second kappa shape index (κ2) is 12.5. The highest BCUT2D eigenvalue weighted by Gasteiger charge is 2.52. The fraction of sp³-hybridized carbons (Fsp3) is 0.147. The zero-order valence-electron chi connectivity index (χ0n) is 23.9. The minimum Gasteiger partial charge on any atom is -0.462 e. The van der Waals surface area contributed by atoms with E-state index in [1.54, 1.807) is 102 Å². The summed E-state index contributed by atoms with van der Waals surface area (Å²) in [5.74, 6) is -1.98. The third-order valence-corrected chi connectivity index (χ3v) is 7.86. The number of carbonyl (C=O) groups is 3. The van der Waals surface area contributed by atoms with E-state index in [4.69, 9.17) is 35.0 Å². The quantitative estimate of drug-likeness (QED) is 0.111. The minimum absolute atomic E-state index is 0.139. The Bertz CT molecular complexity index is 2030. The summed E-state index contributed by atoms with van der Waals surface area (Å²) in [6.07, 6.45) is -1.93. The zero-order chi connectivity index (χ0) is 31.6. The van der Waals surface area contributed by atoms with Gasteiger partial charge in [0.15, 0.2) is 29.7 Å². The van der Waals surface area contributed by atoms with Gasteiger partial charge >= 0.3 is 17.9 Å². The second-order valence-corrected chi connectivity index (χ2v) is 10.7. The number of aromatic nitrogens is 3. The lowest BCUT2D eigenvalue weighted by atomic mass is 10.1. The molecule has 1 saturated heterocycles. The van der Waals surface area contributed by atoms with Crippen LogP contribution < -0.4 is 0 Å². The molecule has 230 valence electrons. The maximum atomic E-state index is 13.5. The van der Waals surface area contributed by atoms with Gasteiger partial charge in [-0.25, -0.2) is 24.4 Å². The van der Waals surface area contributed by atoms with Crippen LogP contribution in [0.1, 0.15) is 37.3 Å². The van der Waals surface area contributed by atoms with Crippen LogP contribution in [0.3, 0.4) is 0 Å². The van der Waals surface area contributed by atoms with Crippen molar-refractivity contribution in [2.24, 2.45) is 0 Å². The van der Waals surface area contributed by atoms with Crippen molar-refractivity contribution in [1.82, 2.24) is 14.5 Å². The molecule has 0 aliphatic carbocycles. The fourth-order valence-corrected chi connectivity index (χ4v) is 5.66. The number of esters is 3. The Hall–Kier alpha value is -5.52. The van der Waals surface area contributed by atoms with Crippen LogP contribution in [-0.2, 0) is 18.9 Å². The van der Waals surface area contributed by atoms with Crippen molar-refractivity contribution in [1.29, 1.82) is 0 Å². The van der Waals surface area contributed by atoms with Crippen molar-refractivity contribution in [3.63, 3.8) is 0 Å². The first-order valence-corrected chi connectivity index (χ1v) is 14.6. The van der Waals surface area contributed by atoms with Gasteiger partial charge in [0.25, 0.3) is 0 Å². The molecule has 1 aliphatic heterocycles. The van der Waals surface area contributed by atoms with E-state index in [9.17, 15) is 14.4 Å². The van der Waals surface area contributed by atoms with Crippen LogP contribution in [0.15, 0.2) is 114 Å². The van der Waals surface area contributed by atoms with E-state index in [1.807, 2.05) is 0 Å². The third-order valence-electron chi connectivity index (χ3n) is 7.57. The zero-order valence-corrected chi connectivity index (χ0v) is 24.7. The maximum absolute atomic E-state index is 13.5. The fourth-order valence-electron chi connectivity index (χ4n) is 5.45. The van der Waals surface area contributed by atoms with Gasteiger partial charge < -0.3 is 23.4 Å². The summed E-state index contributed by atoms with van der Waals surface area (Å²) in [7, 11) is 0. The summed E-state index contributed by atoms with van der Waals surface area (Å²) in [5, 5.41) is 0.553. The predicted molar refractivity (Wildman–Crippen MR) is 164 cm³/mol. The van der Waals surface area contributed by atoms with E-state index in [1.165, 1.54) is 12.6 Å². The molecular weight excluding hydrogens is 614 g/mol. The lowest BCUT2D eigenvalue weighted by Crippen LogP contribution is -2.41. The summed E-state index contributed by atoms with van der Waals surface area (Å²) in [6.45, 7) is -0.334. The number of ether oxygens (including phenoxy) is 4. The number of benzene rings is 3. The molecule has 46 heavy (non-hydrogen) atoms. The molecule has 0 N–H and O–H groups in total. The molecule has 1 aliphatic rings. The number of hydrogen-bond acceptors (Lipinski definition) is 10. The average Bonchev–Trinajstić information content (AvgIpc) is 3.78. The number of furan rings is 1. The Labute approximate surface area is 266 Å². The molecule has 1 fully saturated rings. The van der Waals surface area contributed by atoms with Crippen molar-refractivity contribution in [3.05, 3.63) is 131 Å². The van der Waals surface area contributed by atoms with Crippen molar-refractivity contribution in [2.75, 3.05) is 6.61 Å². The molecule has 4 atom stereocenters. The van der Waals surface area contributed by atoms with Crippen molar-refractivity contribution in [3.8, 4) is 0 Å². The molecule has 0 unspecified atom stereocenters. The van der Waals surface area contributed by atoms with Crippen LogP contribution in [0.25, 0.3) is 22.1 Å². The normalized spacial score (nSPS) is 19.2. The van der Waals surface area contributed by atoms with Crippen LogP contribution >= 0.6 is 11.6 Å². The van der Waals surface area contributed by atoms with Crippen molar-refractivity contribution in [2.45, 2.75) is 24.5 Å². The van der Waals surface area contributed by atoms with Crippen LogP contribution in [0.4, 0.5) is 0 Å². The molecule has 11 nitrogen and oxygen atoms in total. The molecule has 0 bridgehead atoms. The first-order chi connectivity index (χ1) is 22.5. The van der Waals surface area contributed by atoms with Gasteiger partial charge in [-0.1, -0.05) is 66.2 Å². The first-order valence-electron chi connectivity index (χ1n) is 14.3. The average molecular weight is 638 g/mol. The summed E-state index contributed by atoms with van der Waals surface area (Å²) in [4.78, 5) is 48.4. The minimum atomic E-state index is -1.25. The SMILES string of the molecule is O=C(OC[C@H]1O[C@@H](n2c3ccoc3c3c(Cl)ncnc32)[C@H](OC(=O)c2ccccc2)[C@@H]1OC(=O)c1ccccc1)c1ccccc1. The summed E-state index contributed by atoms with van der Waals surface area (Å²) in [6, 6.07) is 26.8. The molecule has 0 amide bonds. The largest absolute Gasteiger partial charge is 0.462 e. The lowest BCUT2D eigenvalue weighted by molar-refractivity contribution is -0.0588. The van der Waals surface area contributed by atoms with Gasteiger partial charge in [0.1, 0.15) is 24.2 Å². The number of nitrogens with zero attached hydrogens (tertiary/aromatic N) is 3. The molecule has 4 heterocycles. The highest BCUT2D eigenvalue weighted by molar-refractivity contribution is 6.36. The van der Waals surface area contributed by atoms with Gasteiger partial charge in [-0.05, 0) is 36.4 Å². The number of carbonyl (C=O) groups excluding carboxylic acids is 3. The molecule has 12 heteroatoms. The van der Waals surface area contributed by atoms with Gasteiger partial charge in [0.05, 0.1) is 33.9 Å². The van der Waals surface area contributed by atoms with Gasteiger partial charge in [-0.2, -0.15) is 0 Å². The molecule has 6 aromatic rings. The van der Waals surface area contributed by atoms with E-state index in [0.717, 1.165) is 0 Å². The molecule has 3 aromatic carbocycles. The molecule has 3 aromatic heterocycles. The Morgan fingerprint density at radius 3 is 1.91 bits per heavy atom. The second-order valence-electron chi connectivity index (χ2n) is 10.4. The van der Waals surface area contributed by atoms with Crippen molar-refractivity contribution >= 4 is 51.6 Å². The number of fused-ring (bicyclic) bond motifs is 3. The van der Waals surface area contributed by atoms with Gasteiger partial charge in [0, 0.05) is 6.07 Å². The lowest BCUT2D eigenvalue weighted by Gasteiger charge is -2.25. The van der Waals surface area contributed by atoms with E-state index in [2.05, 4.69) is 9.97 Å². The van der Waals surface area contributed by atoms with E-state index < -0.39 is 42.4 Å². The maximum Gasteiger partial charge on any atom is 0.338 e. The van der Waals surface area contributed by atoms with Crippen LogP contribution in [0.5, 0.6) is 0 Å². The van der Waals surface area contributed by atoms with Gasteiger partial charge in [-0.3, -0.25) is 4.57 Å². The summed E-state index contributed by atoms with van der Waals surface area (Å²) < 4.78 is 31.7. The number of halogens is 1. The highest BCUT2D eigenvalue weighted by atomic mass is 35.5. The number of rotatable bonds is 8. The van der Waals surface area contributed by atoms with E-state index >= 15 is 0 Å². The molecule has 0 saturated carbocycles. The summed E-state index contributed by atoms with van der Waals surface area (Å²) >= 11 is 6.47. The molecule has 7 rings (SSSR count).